The van der Waals surface area contributed by atoms with Crippen LogP contribution in [0.4, 0.5) is 5.13 Å². The van der Waals surface area contributed by atoms with Gasteiger partial charge in [-0.1, -0.05) is 95.2 Å². The minimum Gasteiger partial charge on any atom is -0.340 e. The Labute approximate surface area is 204 Å². The first kappa shape index (κ1) is 22.9. The topological polar surface area (TPSA) is 84.0 Å². The molecule has 0 saturated heterocycles. The number of anilines is 1. The highest BCUT2D eigenvalue weighted by Crippen LogP contribution is 2.26. The van der Waals surface area contributed by atoms with Crippen molar-refractivity contribution in [3.63, 3.8) is 0 Å². The number of halogens is 2. The van der Waals surface area contributed by atoms with Gasteiger partial charge in [0.15, 0.2) is 0 Å². The lowest BCUT2D eigenvalue weighted by atomic mass is 10.0. The number of hydrogen-bond acceptors (Lipinski definition) is 5. The predicted molar refractivity (Wildman–Crippen MR) is 132 cm³/mol. The number of nitrogens with zero attached hydrogens (tertiary/aromatic N) is 2. The van der Waals surface area contributed by atoms with Gasteiger partial charge < -0.3 is 5.32 Å². The van der Waals surface area contributed by atoms with Crippen LogP contribution in [0.15, 0.2) is 78.9 Å². The molecule has 6 nitrogen and oxygen atoms in total. The van der Waals surface area contributed by atoms with E-state index in [1.807, 2.05) is 60.7 Å². The van der Waals surface area contributed by atoms with Crippen molar-refractivity contribution in [3.8, 4) is 10.6 Å². The smallest absolute Gasteiger partial charge is 0.253 e. The second kappa shape index (κ2) is 10.6. The molecule has 0 aliphatic carbocycles. The van der Waals surface area contributed by atoms with Crippen LogP contribution in [0.2, 0.25) is 10.0 Å². The summed E-state index contributed by atoms with van der Waals surface area (Å²) in [5, 5.41) is 15.4. The normalized spacial score (nSPS) is 11.6. The third-order valence-electron chi connectivity index (χ3n) is 4.76. The Hall–Kier alpha value is -3.26. The molecule has 166 valence electrons. The van der Waals surface area contributed by atoms with Gasteiger partial charge in [-0.25, -0.2) is 0 Å². The fourth-order valence-corrected chi connectivity index (χ4v) is 4.38. The van der Waals surface area contributed by atoms with Gasteiger partial charge in [0.2, 0.25) is 11.0 Å². The quantitative estimate of drug-likeness (QED) is 0.354. The molecule has 1 aromatic heterocycles. The van der Waals surface area contributed by atoms with Crippen LogP contribution in [-0.2, 0) is 11.2 Å². The summed E-state index contributed by atoms with van der Waals surface area (Å²) in [6.45, 7) is 0. The standard InChI is InChI=1S/C24H18Cl2N4O2S/c25-17-11-12-18(19(26)14-17)21(31)27-20(13-15-7-3-1-4-8-15)22(32)28-24-30-29-23(33-24)16-9-5-2-6-10-16/h1-12,14,20H,13H2,(H,27,31)(H,28,30,32). The third-order valence-corrected chi connectivity index (χ3v) is 6.19. The monoisotopic (exact) mass is 496 g/mol. The summed E-state index contributed by atoms with van der Waals surface area (Å²) < 4.78 is 0. The van der Waals surface area contributed by atoms with Gasteiger partial charge in [0.05, 0.1) is 10.6 Å². The largest absolute Gasteiger partial charge is 0.340 e. The van der Waals surface area contributed by atoms with Crippen molar-refractivity contribution in [2.75, 3.05) is 5.32 Å². The highest BCUT2D eigenvalue weighted by atomic mass is 35.5. The van der Waals surface area contributed by atoms with Crippen LogP contribution in [0.3, 0.4) is 0 Å². The highest BCUT2D eigenvalue weighted by Gasteiger charge is 2.24. The molecule has 9 heteroatoms. The van der Waals surface area contributed by atoms with Crippen molar-refractivity contribution >= 4 is 51.5 Å². The number of rotatable bonds is 7. The molecule has 3 aromatic carbocycles. The van der Waals surface area contributed by atoms with Crippen molar-refractivity contribution < 1.29 is 9.59 Å². The van der Waals surface area contributed by atoms with Gasteiger partial charge >= 0.3 is 0 Å². The Kier molecular flexibility index (Phi) is 7.34. The van der Waals surface area contributed by atoms with Gasteiger partial charge in [-0.15, -0.1) is 10.2 Å². The van der Waals surface area contributed by atoms with Gasteiger partial charge in [0.1, 0.15) is 11.0 Å². The lowest BCUT2D eigenvalue weighted by molar-refractivity contribution is -0.118. The van der Waals surface area contributed by atoms with Gasteiger partial charge in [-0.05, 0) is 23.8 Å². The minimum atomic E-state index is -0.865. The number of benzene rings is 3. The Morgan fingerprint density at radius 1 is 0.909 bits per heavy atom. The molecular weight excluding hydrogens is 479 g/mol. The molecule has 4 rings (SSSR count). The average molecular weight is 497 g/mol. The molecule has 2 N–H and O–H groups in total. The molecule has 1 atom stereocenters. The van der Waals surface area contributed by atoms with Crippen LogP contribution < -0.4 is 10.6 Å². The molecular formula is C24H18Cl2N4O2S. The Morgan fingerprint density at radius 3 is 2.30 bits per heavy atom. The fraction of sp³-hybridized carbons (Fsp3) is 0.0833. The molecule has 0 saturated carbocycles. The van der Waals surface area contributed by atoms with E-state index in [2.05, 4.69) is 20.8 Å². The molecule has 1 heterocycles. The summed E-state index contributed by atoms with van der Waals surface area (Å²) in [5.74, 6) is -0.886. The molecule has 4 aromatic rings. The second-order valence-electron chi connectivity index (χ2n) is 7.11. The summed E-state index contributed by atoms with van der Waals surface area (Å²) in [4.78, 5) is 26.0. The summed E-state index contributed by atoms with van der Waals surface area (Å²) in [5.41, 5.74) is 2.03. The van der Waals surface area contributed by atoms with Crippen LogP contribution >= 0.6 is 34.5 Å². The van der Waals surface area contributed by atoms with Crippen LogP contribution in [0, 0.1) is 0 Å². The van der Waals surface area contributed by atoms with Crippen molar-refractivity contribution in [2.45, 2.75) is 12.5 Å². The Balaban J connectivity index is 1.53. The molecule has 2 amide bonds. The molecule has 0 bridgehead atoms. The first-order valence-electron chi connectivity index (χ1n) is 9.99. The first-order chi connectivity index (χ1) is 16.0. The molecule has 1 unspecified atom stereocenters. The van der Waals surface area contributed by atoms with E-state index in [4.69, 9.17) is 23.2 Å². The van der Waals surface area contributed by atoms with Crippen molar-refractivity contribution in [1.29, 1.82) is 0 Å². The second-order valence-corrected chi connectivity index (χ2v) is 8.93. The summed E-state index contributed by atoms with van der Waals surface area (Å²) >= 11 is 13.4. The van der Waals surface area contributed by atoms with E-state index in [-0.39, 0.29) is 17.0 Å². The summed E-state index contributed by atoms with van der Waals surface area (Å²) in [7, 11) is 0. The molecule has 33 heavy (non-hydrogen) atoms. The number of nitrogens with one attached hydrogen (secondary N) is 2. The molecule has 0 fully saturated rings. The van der Waals surface area contributed by atoms with Crippen LogP contribution in [0.5, 0.6) is 0 Å². The maximum Gasteiger partial charge on any atom is 0.253 e. The van der Waals surface area contributed by atoms with Crippen molar-refractivity contribution in [3.05, 3.63) is 100 Å². The van der Waals surface area contributed by atoms with Crippen LogP contribution in [0.25, 0.3) is 10.6 Å². The zero-order valence-corrected chi connectivity index (χ0v) is 19.5. The number of aromatic nitrogens is 2. The number of carbonyl (C=O) groups is 2. The third kappa shape index (κ3) is 5.96. The van der Waals surface area contributed by atoms with Gasteiger partial charge in [0, 0.05) is 17.0 Å². The minimum absolute atomic E-state index is 0.204. The van der Waals surface area contributed by atoms with E-state index < -0.39 is 17.9 Å². The number of amides is 2. The zero-order chi connectivity index (χ0) is 23.2. The lowest BCUT2D eigenvalue weighted by Crippen LogP contribution is -2.45. The van der Waals surface area contributed by atoms with Gasteiger partial charge in [-0.3, -0.25) is 14.9 Å². The summed E-state index contributed by atoms with van der Waals surface area (Å²) in [6.07, 6.45) is 0.286. The van der Waals surface area contributed by atoms with Gasteiger partial charge in [0.25, 0.3) is 5.91 Å². The van der Waals surface area contributed by atoms with E-state index in [0.717, 1.165) is 11.1 Å². The number of hydrogen-bond donors (Lipinski definition) is 2. The molecule has 0 radical (unpaired) electrons. The molecule has 0 spiro atoms. The number of carbonyl (C=O) groups excluding carboxylic acids is 2. The highest BCUT2D eigenvalue weighted by molar-refractivity contribution is 7.18. The van der Waals surface area contributed by atoms with Crippen LogP contribution in [0.1, 0.15) is 15.9 Å². The average Bonchev–Trinajstić information content (AvgIpc) is 3.28. The molecule has 0 aliphatic rings. The van der Waals surface area contributed by atoms with Gasteiger partial charge in [-0.2, -0.15) is 0 Å². The van der Waals surface area contributed by atoms with Crippen molar-refractivity contribution in [2.24, 2.45) is 0 Å². The maximum atomic E-state index is 13.1. The van der Waals surface area contributed by atoms with Crippen LogP contribution in [-0.4, -0.2) is 28.1 Å². The maximum absolute atomic E-state index is 13.1. The predicted octanol–water partition coefficient (Wildman–Crippen LogP) is 5.49. The van der Waals surface area contributed by atoms with E-state index >= 15 is 0 Å². The van der Waals surface area contributed by atoms with E-state index in [0.29, 0.717) is 15.2 Å². The summed E-state index contributed by atoms with van der Waals surface area (Å²) in [6, 6.07) is 22.7. The van der Waals surface area contributed by atoms with E-state index in [9.17, 15) is 9.59 Å². The molecule has 0 aliphatic heterocycles. The Bertz CT molecular complexity index is 1270. The zero-order valence-electron chi connectivity index (χ0n) is 17.2. The van der Waals surface area contributed by atoms with E-state index in [1.54, 1.807) is 6.07 Å². The lowest BCUT2D eigenvalue weighted by Gasteiger charge is -2.18. The fourth-order valence-electron chi connectivity index (χ4n) is 3.13. The van der Waals surface area contributed by atoms with Crippen molar-refractivity contribution in [1.82, 2.24) is 15.5 Å². The Morgan fingerprint density at radius 2 is 1.61 bits per heavy atom. The van der Waals surface area contributed by atoms with E-state index in [1.165, 1.54) is 23.5 Å². The SMILES string of the molecule is O=C(NC(Cc1ccccc1)C(=O)Nc1nnc(-c2ccccc2)s1)c1ccc(Cl)cc1Cl. The first-order valence-corrected chi connectivity index (χ1v) is 11.6.